The van der Waals surface area contributed by atoms with Crippen molar-refractivity contribution in [1.82, 2.24) is 5.32 Å². The molecule has 1 aliphatic heterocycles. The highest BCUT2D eigenvalue weighted by atomic mass is 79.9. The van der Waals surface area contributed by atoms with Crippen molar-refractivity contribution in [2.24, 2.45) is 0 Å². The molecule has 0 unspecified atom stereocenters. The number of rotatable bonds is 4. The number of benzene rings is 2. The van der Waals surface area contributed by atoms with E-state index < -0.39 is 0 Å². The van der Waals surface area contributed by atoms with Crippen molar-refractivity contribution >= 4 is 21.8 Å². The fourth-order valence-corrected chi connectivity index (χ4v) is 3.60. The molecule has 1 heterocycles. The Kier molecular flexibility index (Phi) is 5.36. The molecule has 0 aromatic heterocycles. The first-order chi connectivity index (χ1) is 11.6. The molecule has 0 atom stereocenters. The fraction of sp³-hybridized carbons (Fsp3) is 0.350. The van der Waals surface area contributed by atoms with Gasteiger partial charge in [0, 0.05) is 35.2 Å². The maximum atomic E-state index is 12.5. The number of carbonyl (C=O) groups excluding carboxylic acids is 1. The number of hydrogen-bond donors (Lipinski definition) is 1. The molecule has 2 aromatic carbocycles. The van der Waals surface area contributed by atoms with Gasteiger partial charge in [-0.15, -0.1) is 0 Å². The van der Waals surface area contributed by atoms with Gasteiger partial charge >= 0.3 is 0 Å². The van der Waals surface area contributed by atoms with Crippen molar-refractivity contribution in [2.45, 2.75) is 25.2 Å². The van der Waals surface area contributed by atoms with Crippen LogP contribution in [-0.2, 0) is 10.2 Å². The molecule has 0 aliphatic carbocycles. The summed E-state index contributed by atoms with van der Waals surface area (Å²) in [5.41, 5.74) is 3.05. The van der Waals surface area contributed by atoms with Crippen LogP contribution in [0.1, 0.15) is 34.3 Å². The molecule has 0 radical (unpaired) electrons. The van der Waals surface area contributed by atoms with Crippen LogP contribution < -0.4 is 5.32 Å². The van der Waals surface area contributed by atoms with Gasteiger partial charge in [-0.2, -0.15) is 0 Å². The van der Waals surface area contributed by atoms with E-state index in [1.165, 1.54) is 5.56 Å². The molecule has 2 aromatic rings. The van der Waals surface area contributed by atoms with Gasteiger partial charge in [0.1, 0.15) is 0 Å². The van der Waals surface area contributed by atoms with Crippen molar-refractivity contribution in [2.75, 3.05) is 19.8 Å². The SMILES string of the molecule is Cc1ccc(C(=O)NCC2(c3cccc(Br)c3)CCOCC2)cc1. The molecule has 3 rings (SSSR count). The van der Waals surface area contributed by atoms with E-state index in [0.717, 1.165) is 36.1 Å². The molecule has 1 saturated heterocycles. The Morgan fingerprint density at radius 3 is 2.54 bits per heavy atom. The smallest absolute Gasteiger partial charge is 0.251 e. The molecule has 126 valence electrons. The molecule has 1 fully saturated rings. The summed E-state index contributed by atoms with van der Waals surface area (Å²) in [5.74, 6) is -0.0177. The monoisotopic (exact) mass is 387 g/mol. The lowest BCUT2D eigenvalue weighted by Crippen LogP contribution is -2.44. The predicted octanol–water partition coefficient (Wildman–Crippen LogP) is 4.24. The van der Waals surface area contributed by atoms with Gasteiger partial charge in [-0.05, 0) is 49.6 Å². The van der Waals surface area contributed by atoms with Gasteiger partial charge in [-0.25, -0.2) is 0 Å². The first kappa shape index (κ1) is 17.2. The normalized spacial score (nSPS) is 16.6. The van der Waals surface area contributed by atoms with E-state index in [-0.39, 0.29) is 11.3 Å². The highest BCUT2D eigenvalue weighted by Gasteiger charge is 2.35. The van der Waals surface area contributed by atoms with Crippen LogP contribution in [0.2, 0.25) is 0 Å². The fourth-order valence-electron chi connectivity index (χ4n) is 3.20. The highest BCUT2D eigenvalue weighted by Crippen LogP contribution is 2.35. The molecular formula is C20H22BrNO2. The number of amides is 1. The minimum absolute atomic E-state index is 0.0177. The Labute approximate surface area is 151 Å². The molecule has 3 nitrogen and oxygen atoms in total. The van der Waals surface area contributed by atoms with Gasteiger partial charge in [0.2, 0.25) is 0 Å². The zero-order valence-electron chi connectivity index (χ0n) is 13.8. The van der Waals surface area contributed by atoms with Gasteiger partial charge in [-0.3, -0.25) is 4.79 Å². The molecule has 24 heavy (non-hydrogen) atoms. The van der Waals surface area contributed by atoms with Crippen LogP contribution in [-0.4, -0.2) is 25.7 Å². The second-order valence-electron chi connectivity index (χ2n) is 6.45. The minimum atomic E-state index is -0.0671. The lowest BCUT2D eigenvalue weighted by atomic mass is 9.74. The summed E-state index contributed by atoms with van der Waals surface area (Å²) in [6.07, 6.45) is 1.83. The third-order valence-corrected chi connectivity index (χ3v) is 5.28. The topological polar surface area (TPSA) is 38.3 Å². The third kappa shape index (κ3) is 3.87. The van der Waals surface area contributed by atoms with Crippen molar-refractivity contribution in [3.8, 4) is 0 Å². The van der Waals surface area contributed by atoms with Crippen LogP contribution >= 0.6 is 15.9 Å². The number of ether oxygens (including phenoxy) is 1. The van der Waals surface area contributed by atoms with Crippen LogP contribution in [0.25, 0.3) is 0 Å². The van der Waals surface area contributed by atoms with Crippen molar-refractivity contribution in [3.63, 3.8) is 0 Å². The van der Waals surface area contributed by atoms with E-state index >= 15 is 0 Å². The average Bonchev–Trinajstić information content (AvgIpc) is 2.61. The Bertz CT molecular complexity index is 706. The highest BCUT2D eigenvalue weighted by molar-refractivity contribution is 9.10. The lowest BCUT2D eigenvalue weighted by Gasteiger charge is -2.38. The second-order valence-corrected chi connectivity index (χ2v) is 7.37. The summed E-state index contributed by atoms with van der Waals surface area (Å²) < 4.78 is 6.62. The van der Waals surface area contributed by atoms with Gasteiger partial charge < -0.3 is 10.1 Å². The molecule has 1 N–H and O–H groups in total. The molecule has 4 heteroatoms. The molecule has 0 saturated carbocycles. The second kappa shape index (κ2) is 7.49. The molecule has 1 amide bonds. The van der Waals surface area contributed by atoms with Crippen molar-refractivity contribution in [3.05, 3.63) is 69.7 Å². The van der Waals surface area contributed by atoms with Crippen LogP contribution in [0.5, 0.6) is 0 Å². The number of aryl methyl sites for hydroxylation is 1. The van der Waals surface area contributed by atoms with Crippen molar-refractivity contribution < 1.29 is 9.53 Å². The summed E-state index contributed by atoms with van der Waals surface area (Å²) >= 11 is 3.56. The summed E-state index contributed by atoms with van der Waals surface area (Å²) in [7, 11) is 0. The number of halogens is 1. The van der Waals surface area contributed by atoms with Crippen molar-refractivity contribution in [1.29, 1.82) is 0 Å². The minimum Gasteiger partial charge on any atom is -0.381 e. The molecule has 0 bridgehead atoms. The summed E-state index contributed by atoms with van der Waals surface area (Å²) in [5, 5.41) is 3.14. The lowest BCUT2D eigenvalue weighted by molar-refractivity contribution is 0.0487. The Hall–Kier alpha value is -1.65. The number of hydrogen-bond acceptors (Lipinski definition) is 2. The summed E-state index contributed by atoms with van der Waals surface area (Å²) in [4.78, 5) is 12.5. The zero-order valence-corrected chi connectivity index (χ0v) is 15.4. The van der Waals surface area contributed by atoms with E-state index in [0.29, 0.717) is 12.1 Å². The van der Waals surface area contributed by atoms with Crippen LogP contribution in [0.3, 0.4) is 0 Å². The Balaban J connectivity index is 1.77. The van der Waals surface area contributed by atoms with E-state index in [2.05, 4.69) is 39.4 Å². The number of carbonyl (C=O) groups is 1. The van der Waals surface area contributed by atoms with Gasteiger partial charge in [0.25, 0.3) is 5.91 Å². The average molecular weight is 388 g/mol. The third-order valence-electron chi connectivity index (χ3n) is 4.79. The van der Waals surface area contributed by atoms with E-state index in [1.54, 1.807) is 0 Å². The number of nitrogens with one attached hydrogen (secondary N) is 1. The Morgan fingerprint density at radius 2 is 1.88 bits per heavy atom. The standard InChI is InChI=1S/C20H22BrNO2/c1-15-5-7-16(8-6-15)19(23)22-14-20(9-11-24-12-10-20)17-3-2-4-18(21)13-17/h2-8,13H,9-12,14H2,1H3,(H,22,23). The predicted molar refractivity (Wildman–Crippen MR) is 99.4 cm³/mol. The van der Waals surface area contributed by atoms with Gasteiger partial charge in [0.05, 0.1) is 0 Å². The van der Waals surface area contributed by atoms with E-state index in [4.69, 9.17) is 4.74 Å². The maximum Gasteiger partial charge on any atom is 0.251 e. The molecule has 1 aliphatic rings. The van der Waals surface area contributed by atoms with Crippen LogP contribution in [0, 0.1) is 6.92 Å². The molecule has 0 spiro atoms. The molecular weight excluding hydrogens is 366 g/mol. The Morgan fingerprint density at radius 1 is 1.17 bits per heavy atom. The van der Waals surface area contributed by atoms with E-state index in [9.17, 15) is 4.79 Å². The van der Waals surface area contributed by atoms with Crippen LogP contribution in [0.15, 0.2) is 53.0 Å². The maximum absolute atomic E-state index is 12.5. The summed E-state index contributed by atoms with van der Waals surface area (Å²) in [6.45, 7) is 4.10. The quantitative estimate of drug-likeness (QED) is 0.851. The van der Waals surface area contributed by atoms with Crippen LogP contribution in [0.4, 0.5) is 0 Å². The first-order valence-corrected chi connectivity index (χ1v) is 9.07. The largest absolute Gasteiger partial charge is 0.381 e. The van der Waals surface area contributed by atoms with Gasteiger partial charge in [-0.1, -0.05) is 45.8 Å². The van der Waals surface area contributed by atoms with E-state index in [1.807, 2.05) is 37.3 Å². The zero-order chi connectivity index (χ0) is 17.0. The first-order valence-electron chi connectivity index (χ1n) is 8.28. The van der Waals surface area contributed by atoms with Gasteiger partial charge in [0.15, 0.2) is 0 Å². The summed E-state index contributed by atoms with van der Waals surface area (Å²) in [6, 6.07) is 16.1.